The van der Waals surface area contributed by atoms with E-state index in [1.165, 1.54) is 0 Å². The zero-order chi connectivity index (χ0) is 15.5. The van der Waals surface area contributed by atoms with E-state index in [4.69, 9.17) is 11.5 Å². The van der Waals surface area contributed by atoms with Crippen LogP contribution in [0.1, 0.15) is 12.0 Å². The fraction of sp³-hybridized carbons (Fsp3) is 0.333. The smallest absolute Gasteiger partial charge is 0.190 e. The van der Waals surface area contributed by atoms with Crippen molar-refractivity contribution in [2.24, 2.45) is 16.5 Å². The molecular weight excluding hydrogens is 283 g/mol. The van der Waals surface area contributed by atoms with Crippen LogP contribution in [0.4, 0.5) is 10.1 Å². The number of aromatic nitrogens is 2. The maximum Gasteiger partial charge on any atom is 0.190 e. The van der Waals surface area contributed by atoms with Gasteiger partial charge < -0.3 is 21.4 Å². The Morgan fingerprint density at radius 1 is 1.55 bits per heavy atom. The molecule has 3 heterocycles. The molecular formula is C15H19FN6. The Balaban J connectivity index is 1.91. The largest absolute Gasteiger partial charge is 0.370 e. The maximum absolute atomic E-state index is 13.5. The minimum absolute atomic E-state index is 0.0311. The van der Waals surface area contributed by atoms with Crippen LogP contribution in [-0.2, 0) is 6.42 Å². The molecule has 0 radical (unpaired) electrons. The molecule has 5 N–H and O–H groups in total. The third-order valence-corrected chi connectivity index (χ3v) is 3.77. The van der Waals surface area contributed by atoms with Crippen molar-refractivity contribution in [2.75, 3.05) is 18.0 Å². The molecule has 0 aromatic carbocycles. The number of rotatable bonds is 4. The molecule has 0 saturated carbocycles. The number of H-pyrrole nitrogens is 1. The van der Waals surface area contributed by atoms with Crippen molar-refractivity contribution in [1.29, 1.82) is 0 Å². The number of nitrogens with zero attached hydrogens (tertiary/aromatic N) is 3. The molecule has 22 heavy (non-hydrogen) atoms. The van der Waals surface area contributed by atoms with Gasteiger partial charge >= 0.3 is 0 Å². The first-order chi connectivity index (χ1) is 10.6. The number of halogens is 1. The van der Waals surface area contributed by atoms with Crippen molar-refractivity contribution >= 4 is 22.7 Å². The van der Waals surface area contributed by atoms with Crippen LogP contribution in [0.25, 0.3) is 11.0 Å². The Labute approximate surface area is 127 Å². The second kappa shape index (κ2) is 6.05. The second-order valence-electron chi connectivity index (χ2n) is 5.34. The fourth-order valence-electron chi connectivity index (χ4n) is 2.78. The first-order valence-electron chi connectivity index (χ1n) is 7.23. The molecule has 6 nitrogen and oxygen atoms in total. The molecule has 0 amide bonds. The highest BCUT2D eigenvalue weighted by atomic mass is 19.1. The van der Waals surface area contributed by atoms with E-state index < -0.39 is 6.17 Å². The first kappa shape index (κ1) is 14.4. The Bertz CT molecular complexity index is 716. The number of hydrogen-bond donors (Lipinski definition) is 3. The van der Waals surface area contributed by atoms with Gasteiger partial charge in [-0.15, -0.1) is 0 Å². The van der Waals surface area contributed by atoms with E-state index in [2.05, 4.69) is 19.9 Å². The summed E-state index contributed by atoms with van der Waals surface area (Å²) in [6, 6.07) is 1.94. The zero-order valence-electron chi connectivity index (χ0n) is 12.2. The van der Waals surface area contributed by atoms with E-state index in [0.29, 0.717) is 19.4 Å². The molecule has 1 unspecified atom stereocenters. The Morgan fingerprint density at radius 2 is 2.41 bits per heavy atom. The summed E-state index contributed by atoms with van der Waals surface area (Å²) in [5, 5.41) is 1.03. The van der Waals surface area contributed by atoms with Crippen LogP contribution in [0.15, 0.2) is 35.7 Å². The quantitative estimate of drug-likeness (QED) is 0.588. The van der Waals surface area contributed by atoms with Crippen LogP contribution >= 0.6 is 0 Å². The number of alkyl halides is 1. The monoisotopic (exact) mass is 302 g/mol. The van der Waals surface area contributed by atoms with Crippen molar-refractivity contribution in [3.05, 3.63) is 36.3 Å². The third-order valence-electron chi connectivity index (χ3n) is 3.77. The molecule has 0 spiro atoms. The van der Waals surface area contributed by atoms with Gasteiger partial charge in [-0.25, -0.2) is 14.4 Å². The van der Waals surface area contributed by atoms with E-state index in [1.54, 1.807) is 12.4 Å². The van der Waals surface area contributed by atoms with Gasteiger partial charge in [0.2, 0.25) is 0 Å². The highest BCUT2D eigenvalue weighted by molar-refractivity contribution is 5.93. The lowest BCUT2D eigenvalue weighted by Crippen LogP contribution is -2.21. The molecule has 0 bridgehead atoms. The Kier molecular flexibility index (Phi) is 3.95. The molecule has 0 aliphatic carbocycles. The van der Waals surface area contributed by atoms with Crippen LogP contribution in [-0.4, -0.2) is 35.2 Å². The summed E-state index contributed by atoms with van der Waals surface area (Å²) in [5.74, 6) is 0.0311. The summed E-state index contributed by atoms with van der Waals surface area (Å²) < 4.78 is 13.5. The third kappa shape index (κ3) is 2.88. The van der Waals surface area contributed by atoms with E-state index in [9.17, 15) is 4.39 Å². The number of pyridine rings is 1. The predicted octanol–water partition coefficient (Wildman–Crippen LogP) is 1.44. The van der Waals surface area contributed by atoms with Crippen LogP contribution in [0, 0.1) is 0 Å². The van der Waals surface area contributed by atoms with Gasteiger partial charge in [0.25, 0.3) is 0 Å². The number of aliphatic imine (C=N–C) groups is 1. The summed E-state index contributed by atoms with van der Waals surface area (Å²) in [5.41, 5.74) is 13.5. The van der Waals surface area contributed by atoms with Gasteiger partial charge in [-0.1, -0.05) is 6.08 Å². The number of guanidine groups is 1. The molecule has 2 aromatic rings. The highest BCUT2D eigenvalue weighted by Gasteiger charge is 2.24. The number of fused-ring (bicyclic) bond motifs is 1. The summed E-state index contributed by atoms with van der Waals surface area (Å²) in [6.45, 7) is 1.17. The molecule has 3 rings (SSSR count). The topological polar surface area (TPSA) is 96.3 Å². The van der Waals surface area contributed by atoms with Crippen LogP contribution in [0.5, 0.6) is 0 Å². The first-order valence-corrected chi connectivity index (χ1v) is 7.23. The predicted molar refractivity (Wildman–Crippen MR) is 86.5 cm³/mol. The van der Waals surface area contributed by atoms with Gasteiger partial charge in [0.15, 0.2) is 5.96 Å². The average Bonchev–Trinajstić information content (AvgIpc) is 3.10. The minimum Gasteiger partial charge on any atom is -0.370 e. The van der Waals surface area contributed by atoms with Crippen molar-refractivity contribution in [1.82, 2.24) is 9.97 Å². The zero-order valence-corrected chi connectivity index (χ0v) is 12.2. The molecule has 2 aromatic heterocycles. The molecule has 7 heteroatoms. The van der Waals surface area contributed by atoms with E-state index in [-0.39, 0.29) is 5.96 Å². The van der Waals surface area contributed by atoms with E-state index in [1.807, 2.05) is 18.3 Å². The van der Waals surface area contributed by atoms with Gasteiger partial charge in [0.1, 0.15) is 11.8 Å². The van der Waals surface area contributed by atoms with Gasteiger partial charge in [-0.05, 0) is 24.5 Å². The molecule has 1 aliphatic heterocycles. The van der Waals surface area contributed by atoms with Gasteiger partial charge in [-0.3, -0.25) is 0 Å². The maximum atomic E-state index is 13.5. The number of allylic oxidation sites excluding steroid dienone is 1. The molecule has 1 saturated heterocycles. The van der Waals surface area contributed by atoms with Gasteiger partial charge in [0, 0.05) is 42.8 Å². The van der Waals surface area contributed by atoms with E-state index >= 15 is 0 Å². The molecule has 116 valence electrons. The summed E-state index contributed by atoms with van der Waals surface area (Å²) in [6.07, 6.45) is 7.62. The van der Waals surface area contributed by atoms with Crippen molar-refractivity contribution in [3.63, 3.8) is 0 Å². The lowest BCUT2D eigenvalue weighted by molar-refractivity contribution is 0.364. The minimum atomic E-state index is -0.757. The second-order valence-corrected chi connectivity index (χ2v) is 5.34. The Hall–Kier alpha value is -2.57. The van der Waals surface area contributed by atoms with E-state index in [0.717, 1.165) is 28.8 Å². The standard InChI is InChI=1S/C15H19FN6/c16-11-4-7-22(9-11)12-3-6-19-14-13(12)10(8-21-14)2-1-5-20-15(17)18/h1,3,5-6,8,11H,2,4,7,9H2,(H,19,21)(H4,17,18,20)/b5-1-. The summed E-state index contributed by atoms with van der Waals surface area (Å²) in [4.78, 5) is 13.4. The van der Waals surface area contributed by atoms with Gasteiger partial charge in [0.05, 0.1) is 0 Å². The average molecular weight is 302 g/mol. The normalized spacial score (nSPS) is 18.4. The van der Waals surface area contributed by atoms with Crippen LogP contribution in [0.3, 0.4) is 0 Å². The molecule has 1 fully saturated rings. The number of hydrogen-bond acceptors (Lipinski definition) is 3. The number of nitrogens with one attached hydrogen (secondary N) is 1. The lowest BCUT2D eigenvalue weighted by atomic mass is 10.1. The van der Waals surface area contributed by atoms with Crippen molar-refractivity contribution < 1.29 is 4.39 Å². The molecule has 1 atom stereocenters. The van der Waals surface area contributed by atoms with Gasteiger partial charge in [-0.2, -0.15) is 0 Å². The highest BCUT2D eigenvalue weighted by Crippen LogP contribution is 2.31. The summed E-state index contributed by atoms with van der Waals surface area (Å²) in [7, 11) is 0. The Morgan fingerprint density at radius 3 is 3.14 bits per heavy atom. The summed E-state index contributed by atoms with van der Waals surface area (Å²) >= 11 is 0. The lowest BCUT2D eigenvalue weighted by Gasteiger charge is -2.19. The SMILES string of the molecule is NC(N)=N/C=C\Cc1c[nH]c2nccc(N3CCC(F)C3)c12. The number of anilines is 1. The van der Waals surface area contributed by atoms with Crippen molar-refractivity contribution in [3.8, 4) is 0 Å². The van der Waals surface area contributed by atoms with Crippen molar-refractivity contribution in [2.45, 2.75) is 19.0 Å². The number of nitrogens with two attached hydrogens (primary N) is 2. The van der Waals surface area contributed by atoms with Crippen LogP contribution < -0.4 is 16.4 Å². The molecule has 1 aliphatic rings. The fourth-order valence-corrected chi connectivity index (χ4v) is 2.78. The van der Waals surface area contributed by atoms with Crippen LogP contribution in [0.2, 0.25) is 0 Å². The number of aromatic amines is 1.